The highest BCUT2D eigenvalue weighted by Gasteiger charge is 2.29. The van der Waals surface area contributed by atoms with Crippen LogP contribution in [0.2, 0.25) is 0 Å². The van der Waals surface area contributed by atoms with Gasteiger partial charge in [0.25, 0.3) is 0 Å². The van der Waals surface area contributed by atoms with Crippen molar-refractivity contribution in [3.63, 3.8) is 0 Å². The average Bonchev–Trinajstić information content (AvgIpc) is 3.28. The van der Waals surface area contributed by atoms with Crippen LogP contribution in [0.4, 0.5) is 21.6 Å². The number of nitrogens with zero attached hydrogens (tertiary/aromatic N) is 4. The number of hydrogen-bond acceptors (Lipinski definition) is 6. The number of benzene rings is 1. The summed E-state index contributed by atoms with van der Waals surface area (Å²) in [5, 5.41) is 21.4. The van der Waals surface area contributed by atoms with Crippen LogP contribution in [0.1, 0.15) is 25.5 Å². The van der Waals surface area contributed by atoms with Crippen molar-refractivity contribution in [1.29, 1.82) is 0 Å². The normalized spacial score (nSPS) is 17.1. The van der Waals surface area contributed by atoms with Crippen LogP contribution in [0.5, 0.6) is 0 Å². The summed E-state index contributed by atoms with van der Waals surface area (Å²) in [6.45, 7) is 5.56. The van der Waals surface area contributed by atoms with Gasteiger partial charge in [0, 0.05) is 32.4 Å². The Bertz CT molecular complexity index is 914. The van der Waals surface area contributed by atoms with Crippen LogP contribution >= 0.6 is 0 Å². The fourth-order valence-electron chi connectivity index (χ4n) is 3.80. The molecule has 2 atom stereocenters. The van der Waals surface area contributed by atoms with Gasteiger partial charge in [-0.2, -0.15) is 5.10 Å². The molecule has 0 spiro atoms. The van der Waals surface area contributed by atoms with E-state index < -0.39 is 11.0 Å². The maximum absolute atomic E-state index is 13.1. The van der Waals surface area contributed by atoms with Gasteiger partial charge >= 0.3 is 5.69 Å². The number of halogens is 1. The lowest BCUT2D eigenvalue weighted by atomic mass is 10.1. The van der Waals surface area contributed by atoms with Crippen LogP contribution in [-0.2, 0) is 11.8 Å². The van der Waals surface area contributed by atoms with E-state index in [4.69, 9.17) is 0 Å². The first kappa shape index (κ1) is 21.5. The molecule has 9 nitrogen and oxygen atoms in total. The molecular weight excluding hydrogens is 391 g/mol. The minimum Gasteiger partial charge on any atom is -0.371 e. The van der Waals surface area contributed by atoms with Crippen LogP contribution < -0.4 is 15.5 Å². The van der Waals surface area contributed by atoms with Gasteiger partial charge in [-0.15, -0.1) is 0 Å². The second kappa shape index (κ2) is 9.10. The van der Waals surface area contributed by atoms with E-state index in [0.29, 0.717) is 18.7 Å². The minimum atomic E-state index is -0.604. The molecule has 162 valence electrons. The number of anilines is 2. The summed E-state index contributed by atoms with van der Waals surface area (Å²) >= 11 is 0. The minimum absolute atomic E-state index is 0.116. The number of nitrogens with one attached hydrogen (secondary N) is 2. The van der Waals surface area contributed by atoms with Crippen molar-refractivity contribution in [2.45, 2.75) is 32.7 Å². The van der Waals surface area contributed by atoms with Gasteiger partial charge in [-0.3, -0.25) is 14.9 Å². The SMILES string of the molecule is CC[C@H](Nc1c([N+](=O)[O-])c(C)nn1C)C(=O)NC[C@H]1CCN(c2ccc(F)cc2)C1. The molecule has 0 saturated carbocycles. The molecule has 3 rings (SSSR count). The molecule has 2 aromatic rings. The zero-order valence-electron chi connectivity index (χ0n) is 17.4. The lowest BCUT2D eigenvalue weighted by molar-refractivity contribution is -0.384. The molecule has 0 bridgehead atoms. The number of rotatable bonds is 8. The van der Waals surface area contributed by atoms with Gasteiger partial charge in [0.15, 0.2) is 0 Å². The van der Waals surface area contributed by atoms with Crippen LogP contribution in [0, 0.1) is 28.8 Å². The first-order valence-corrected chi connectivity index (χ1v) is 10.0. The van der Waals surface area contributed by atoms with E-state index in [1.54, 1.807) is 26.1 Å². The van der Waals surface area contributed by atoms with Gasteiger partial charge in [0.05, 0.1) is 4.92 Å². The Morgan fingerprint density at radius 1 is 1.40 bits per heavy atom. The number of amides is 1. The molecule has 1 aliphatic rings. The summed E-state index contributed by atoms with van der Waals surface area (Å²) in [7, 11) is 1.61. The van der Waals surface area contributed by atoms with Gasteiger partial charge < -0.3 is 15.5 Å². The number of hydrogen-bond donors (Lipinski definition) is 2. The summed E-state index contributed by atoms with van der Waals surface area (Å²) in [4.78, 5) is 25.7. The third-order valence-corrected chi connectivity index (χ3v) is 5.45. The van der Waals surface area contributed by atoms with E-state index >= 15 is 0 Å². The Morgan fingerprint density at radius 3 is 2.73 bits per heavy atom. The lowest BCUT2D eigenvalue weighted by Gasteiger charge is -2.20. The van der Waals surface area contributed by atoms with E-state index in [0.717, 1.165) is 25.2 Å². The highest BCUT2D eigenvalue weighted by Crippen LogP contribution is 2.28. The molecule has 2 heterocycles. The number of aromatic nitrogens is 2. The quantitative estimate of drug-likeness (QED) is 0.504. The molecule has 1 fully saturated rings. The molecule has 1 saturated heterocycles. The first-order chi connectivity index (χ1) is 14.3. The molecule has 1 amide bonds. The van der Waals surface area contributed by atoms with Crippen molar-refractivity contribution < 1.29 is 14.1 Å². The number of carbonyl (C=O) groups excluding carboxylic acids is 1. The van der Waals surface area contributed by atoms with E-state index in [-0.39, 0.29) is 29.1 Å². The largest absolute Gasteiger partial charge is 0.371 e. The first-order valence-electron chi connectivity index (χ1n) is 10.0. The fraction of sp³-hybridized carbons (Fsp3) is 0.500. The Hall–Kier alpha value is -3.17. The molecule has 1 aliphatic heterocycles. The summed E-state index contributed by atoms with van der Waals surface area (Å²) in [6, 6.07) is 5.81. The molecule has 1 aromatic carbocycles. The third kappa shape index (κ3) is 4.69. The lowest BCUT2D eigenvalue weighted by Crippen LogP contribution is -2.42. The third-order valence-electron chi connectivity index (χ3n) is 5.45. The molecule has 1 aromatic heterocycles. The highest BCUT2D eigenvalue weighted by molar-refractivity contribution is 5.85. The van der Waals surface area contributed by atoms with Gasteiger partial charge in [0.2, 0.25) is 11.7 Å². The average molecular weight is 418 g/mol. The number of nitro groups is 1. The van der Waals surface area contributed by atoms with E-state index in [9.17, 15) is 19.3 Å². The zero-order chi connectivity index (χ0) is 21.8. The summed E-state index contributed by atoms with van der Waals surface area (Å²) in [5.41, 5.74) is 1.15. The van der Waals surface area contributed by atoms with Gasteiger partial charge in [-0.05, 0) is 49.9 Å². The maximum Gasteiger partial charge on any atom is 0.333 e. The van der Waals surface area contributed by atoms with Crippen molar-refractivity contribution in [2.75, 3.05) is 29.9 Å². The van der Waals surface area contributed by atoms with E-state index in [1.807, 2.05) is 6.92 Å². The van der Waals surface area contributed by atoms with Crippen molar-refractivity contribution in [1.82, 2.24) is 15.1 Å². The summed E-state index contributed by atoms with van der Waals surface area (Å²) < 4.78 is 14.5. The van der Waals surface area contributed by atoms with E-state index in [2.05, 4.69) is 20.6 Å². The van der Waals surface area contributed by atoms with Crippen molar-refractivity contribution in [3.05, 3.63) is 45.9 Å². The molecule has 2 N–H and O–H groups in total. The van der Waals surface area contributed by atoms with Crippen LogP contribution in [-0.4, -0.2) is 46.3 Å². The second-order valence-electron chi connectivity index (χ2n) is 7.59. The maximum atomic E-state index is 13.1. The highest BCUT2D eigenvalue weighted by atomic mass is 19.1. The Kier molecular flexibility index (Phi) is 6.53. The zero-order valence-corrected chi connectivity index (χ0v) is 17.4. The monoisotopic (exact) mass is 418 g/mol. The topological polar surface area (TPSA) is 105 Å². The predicted molar refractivity (Wildman–Crippen MR) is 112 cm³/mol. The predicted octanol–water partition coefficient (Wildman–Crippen LogP) is 2.61. The Balaban J connectivity index is 1.56. The summed E-state index contributed by atoms with van der Waals surface area (Å²) in [6.07, 6.45) is 1.40. The number of carbonyl (C=O) groups is 1. The van der Waals surface area contributed by atoms with Crippen molar-refractivity contribution in [2.24, 2.45) is 13.0 Å². The summed E-state index contributed by atoms with van der Waals surface area (Å²) in [5.74, 6) is 0.0437. The van der Waals surface area contributed by atoms with Crippen LogP contribution in [0.3, 0.4) is 0 Å². The molecule has 0 unspecified atom stereocenters. The molecule has 30 heavy (non-hydrogen) atoms. The molecule has 0 aliphatic carbocycles. The fourth-order valence-corrected chi connectivity index (χ4v) is 3.80. The molecule has 0 radical (unpaired) electrons. The Morgan fingerprint density at radius 2 is 2.10 bits per heavy atom. The number of aryl methyl sites for hydroxylation is 2. The van der Waals surface area contributed by atoms with Crippen molar-refractivity contribution >= 4 is 23.1 Å². The van der Waals surface area contributed by atoms with E-state index in [1.165, 1.54) is 16.8 Å². The van der Waals surface area contributed by atoms with Gasteiger partial charge in [-0.1, -0.05) is 6.92 Å². The molecular formula is C20H27FN6O3. The smallest absolute Gasteiger partial charge is 0.333 e. The molecule has 10 heteroatoms. The van der Waals surface area contributed by atoms with Gasteiger partial charge in [0.1, 0.15) is 17.6 Å². The standard InChI is InChI=1S/C20H27FN6O3/c1-4-17(23-19-18(27(29)30)13(2)24-25(19)3)20(28)22-11-14-9-10-26(12-14)16-7-5-15(21)6-8-16/h5-8,14,17,23H,4,9-12H2,1-3H3,(H,22,28)/t14-,17+/m1/s1. The van der Waals surface area contributed by atoms with Crippen molar-refractivity contribution in [3.8, 4) is 0 Å². The Labute approximate surface area is 174 Å². The van der Waals surface area contributed by atoms with Crippen LogP contribution in [0.25, 0.3) is 0 Å². The van der Waals surface area contributed by atoms with Gasteiger partial charge in [-0.25, -0.2) is 9.07 Å². The van der Waals surface area contributed by atoms with Crippen LogP contribution in [0.15, 0.2) is 24.3 Å². The second-order valence-corrected chi connectivity index (χ2v) is 7.59.